The van der Waals surface area contributed by atoms with Crippen molar-refractivity contribution in [2.75, 3.05) is 9.80 Å². The van der Waals surface area contributed by atoms with Gasteiger partial charge >= 0.3 is 0 Å². The summed E-state index contributed by atoms with van der Waals surface area (Å²) in [7, 11) is 0. The molecule has 138 heavy (non-hydrogen) atoms. The molecule has 0 N–H and O–H groups in total. The lowest BCUT2D eigenvalue weighted by atomic mass is 9.30. The molecule has 0 radical (unpaired) electrons. The highest BCUT2D eigenvalue weighted by atomic mass is 16.5. The van der Waals surface area contributed by atoms with Crippen LogP contribution in [0.2, 0.25) is 0 Å². The zero-order valence-corrected chi connectivity index (χ0v) is 76.4. The van der Waals surface area contributed by atoms with Crippen LogP contribution in [-0.2, 0) is 5.41 Å². The minimum atomic E-state index is -0.525. The molecule has 0 bridgehead atoms. The molecule has 0 atom stereocenters. The number of rotatable bonds is 14. The number of hydrogen-bond acceptors (Lipinski definition) is 4. The number of fused-ring (bicyclic) bond motifs is 15. The van der Waals surface area contributed by atoms with E-state index >= 15 is 0 Å². The van der Waals surface area contributed by atoms with E-state index in [0.29, 0.717) is 0 Å². The standard InChI is InChI=1S/C130H88B2N4O2/c1-130(2,3)97-80-117-123-118(81-97)136(126-100(87-45-20-8-21-46-87)59-34-60-101(126)88-47-22-9-23-48-88)119-82-121-125-129(137-120-72-69-92(85-41-16-6-17-42-85)77-110(120)131(125)111-78-96(86-43-18-7-19-44-86)76-108(128(111)138-121)105-63-36-66-115-122(105)106-58-29-31-65-113(106)134(115)99-55-26-11-27-56-99)124(119)132(123)109-70-67-93(91-68-71-114-107(75-91)104-57-28-30-64-112(104)133(114)98-53-24-10-25-54-98)79-116(109)135(117)127-102(94-51-32-49-89(73-94)83-37-12-4-13-38-83)61-35-62-103(127)95-52-33-50-90(74-95)84-39-14-5-15-40-84/h4-82H,1-3H3. The van der Waals surface area contributed by atoms with Crippen LogP contribution >= 0.6 is 0 Å². The van der Waals surface area contributed by atoms with E-state index in [1.165, 1.54) is 10.8 Å². The lowest BCUT2D eigenvalue weighted by molar-refractivity contribution is 0.468. The van der Waals surface area contributed by atoms with Crippen molar-refractivity contribution in [2.45, 2.75) is 26.2 Å². The van der Waals surface area contributed by atoms with Gasteiger partial charge in [0.1, 0.15) is 23.0 Å². The van der Waals surface area contributed by atoms with Crippen molar-refractivity contribution in [3.05, 3.63) is 485 Å². The van der Waals surface area contributed by atoms with Crippen molar-refractivity contribution in [1.29, 1.82) is 0 Å². The van der Waals surface area contributed by atoms with Gasteiger partial charge in [-0.05, 0) is 219 Å². The zero-order valence-electron chi connectivity index (χ0n) is 76.4. The number of para-hydroxylation sites is 6. The average molecular weight is 1760 g/mol. The van der Waals surface area contributed by atoms with E-state index in [-0.39, 0.29) is 0 Å². The highest BCUT2D eigenvalue weighted by Crippen LogP contribution is 2.58. The van der Waals surface area contributed by atoms with Crippen LogP contribution in [0.15, 0.2) is 479 Å². The van der Waals surface area contributed by atoms with E-state index in [9.17, 15) is 0 Å². The summed E-state index contributed by atoms with van der Waals surface area (Å²) in [4.78, 5) is 5.39. The summed E-state index contributed by atoms with van der Waals surface area (Å²) < 4.78 is 21.8. The Hall–Kier alpha value is -17.5. The summed E-state index contributed by atoms with van der Waals surface area (Å²) in [5, 5.41) is 4.66. The van der Waals surface area contributed by atoms with Crippen molar-refractivity contribution in [3.8, 4) is 146 Å². The van der Waals surface area contributed by atoms with Crippen molar-refractivity contribution in [1.82, 2.24) is 9.13 Å². The second-order valence-corrected chi connectivity index (χ2v) is 38.0. The molecule has 0 saturated heterocycles. The topological polar surface area (TPSA) is 34.8 Å². The molecule has 21 aromatic carbocycles. The van der Waals surface area contributed by atoms with Crippen LogP contribution in [0.5, 0.6) is 23.0 Å². The molecule has 8 heteroatoms. The first kappa shape index (κ1) is 80.2. The second kappa shape index (κ2) is 32.2. The summed E-state index contributed by atoms with van der Waals surface area (Å²) in [6.45, 7) is 6.18. The van der Waals surface area contributed by atoms with Crippen molar-refractivity contribution in [2.24, 2.45) is 0 Å². The molecule has 4 aliphatic heterocycles. The first-order chi connectivity index (χ1) is 68.1. The predicted octanol–water partition coefficient (Wildman–Crippen LogP) is 30.7. The molecular weight excluding hydrogens is 1670 g/mol. The maximum Gasteiger partial charge on any atom is 0.260 e. The first-order valence-corrected chi connectivity index (χ1v) is 47.9. The van der Waals surface area contributed by atoms with Crippen LogP contribution < -0.4 is 52.1 Å². The minimum absolute atomic E-state index is 0.453. The fourth-order valence-corrected chi connectivity index (χ4v) is 22.9. The molecule has 0 saturated carbocycles. The maximum absolute atomic E-state index is 8.49. The van der Waals surface area contributed by atoms with E-state index in [1.54, 1.807) is 0 Å². The van der Waals surface area contributed by atoms with Gasteiger partial charge in [-0.3, -0.25) is 0 Å². The van der Waals surface area contributed by atoms with E-state index in [1.807, 2.05) is 0 Å². The molecule has 6 nitrogen and oxygen atoms in total. The molecular formula is C130H88B2N4O2. The number of benzene rings is 21. The Kier molecular flexibility index (Phi) is 18.7. The van der Waals surface area contributed by atoms with Crippen LogP contribution in [0.3, 0.4) is 0 Å². The second-order valence-electron chi connectivity index (χ2n) is 38.0. The van der Waals surface area contributed by atoms with E-state index < -0.39 is 18.8 Å². The number of ether oxygens (including phenoxy) is 2. The van der Waals surface area contributed by atoms with Crippen molar-refractivity contribution in [3.63, 3.8) is 0 Å². The van der Waals surface area contributed by atoms with Gasteiger partial charge in [-0.1, -0.05) is 397 Å². The third-order valence-electron chi connectivity index (χ3n) is 29.1. The van der Waals surface area contributed by atoms with Gasteiger partial charge in [-0.2, -0.15) is 0 Å². The quantitative estimate of drug-likeness (QED) is 0.102. The normalized spacial score (nSPS) is 12.7. The molecule has 0 aliphatic carbocycles. The molecule has 646 valence electrons. The highest BCUT2D eigenvalue weighted by Gasteiger charge is 2.52. The summed E-state index contributed by atoms with van der Waals surface area (Å²) in [6, 6.07) is 178. The van der Waals surface area contributed by atoms with Crippen LogP contribution in [0, 0.1) is 0 Å². The number of nitrogens with zero attached hydrogens (tertiary/aromatic N) is 4. The molecule has 0 unspecified atom stereocenters. The van der Waals surface area contributed by atoms with E-state index in [4.69, 9.17) is 9.47 Å². The Balaban J connectivity index is 0.801. The SMILES string of the molecule is CC(C)(C)c1cc2c3c(c1)N(c1c(-c4ccccc4)cccc1-c1ccccc1)c1cc4c5c(c1B3c1ccc(-c3ccc6c(c3)c3ccccc3n6-c3ccccc3)cc1N2c1c(-c2cccc(-c3ccccc3)c2)cccc1-c1cccc(-c2ccccc2)c1)Oc1ccc(-c2ccccc2)cc1B5c1cc(-c2ccccc2)cc(-c2cccc3c2c2ccccc2n3-c2ccccc2)c1O4. The van der Waals surface area contributed by atoms with Crippen LogP contribution in [-0.4, -0.2) is 22.6 Å². The molecule has 0 fully saturated rings. The third kappa shape index (κ3) is 13.0. The molecule has 0 spiro atoms. The lowest BCUT2D eigenvalue weighted by Crippen LogP contribution is -2.65. The molecule has 2 aromatic heterocycles. The summed E-state index contributed by atoms with van der Waals surface area (Å²) >= 11 is 0. The maximum atomic E-state index is 8.49. The minimum Gasteiger partial charge on any atom is -0.459 e. The van der Waals surface area contributed by atoms with Crippen molar-refractivity contribution < 1.29 is 9.47 Å². The lowest BCUT2D eigenvalue weighted by Gasteiger charge is -2.48. The van der Waals surface area contributed by atoms with E-state index in [2.05, 4.69) is 519 Å². The molecule has 0 amide bonds. The third-order valence-corrected chi connectivity index (χ3v) is 29.1. The zero-order chi connectivity index (χ0) is 91.4. The fourth-order valence-electron chi connectivity index (χ4n) is 22.9. The molecule has 23 aromatic rings. The van der Waals surface area contributed by atoms with Gasteiger partial charge < -0.3 is 28.4 Å². The van der Waals surface area contributed by atoms with Crippen LogP contribution in [0.25, 0.3) is 166 Å². The molecule has 4 aliphatic rings. The average Bonchev–Trinajstić information content (AvgIpc) is 0.809. The molecule has 6 heterocycles. The summed E-state index contributed by atoms with van der Waals surface area (Å²) in [5.41, 5.74) is 41.7. The Morgan fingerprint density at radius 3 is 1.17 bits per heavy atom. The van der Waals surface area contributed by atoms with Gasteiger partial charge in [-0.25, -0.2) is 0 Å². The van der Waals surface area contributed by atoms with Gasteiger partial charge in [0.15, 0.2) is 0 Å². The predicted molar refractivity (Wildman–Crippen MR) is 580 cm³/mol. The van der Waals surface area contributed by atoms with Crippen LogP contribution in [0.4, 0.5) is 34.1 Å². The Morgan fingerprint density at radius 2 is 0.601 bits per heavy atom. The van der Waals surface area contributed by atoms with Crippen LogP contribution in [0.1, 0.15) is 26.3 Å². The number of aromatic nitrogens is 2. The molecule has 27 rings (SSSR count). The smallest absolute Gasteiger partial charge is 0.260 e. The van der Waals surface area contributed by atoms with Crippen molar-refractivity contribution >= 4 is 124 Å². The number of hydrogen-bond donors (Lipinski definition) is 0. The van der Waals surface area contributed by atoms with Gasteiger partial charge in [0.25, 0.3) is 13.4 Å². The largest absolute Gasteiger partial charge is 0.459 e. The van der Waals surface area contributed by atoms with Gasteiger partial charge in [0.2, 0.25) is 0 Å². The number of anilines is 6. The Labute approximate surface area is 803 Å². The monoisotopic (exact) mass is 1760 g/mol. The Bertz CT molecular complexity index is 8700. The Morgan fingerprint density at radius 1 is 0.210 bits per heavy atom. The van der Waals surface area contributed by atoms with Gasteiger partial charge in [0, 0.05) is 95.0 Å². The summed E-state index contributed by atoms with van der Waals surface area (Å²) in [6.07, 6.45) is 0. The summed E-state index contributed by atoms with van der Waals surface area (Å²) in [5.74, 6) is 3.06. The highest BCUT2D eigenvalue weighted by molar-refractivity contribution is 7.03. The fraction of sp³-hybridized carbons (Fsp3) is 0.0308. The first-order valence-electron chi connectivity index (χ1n) is 47.9. The van der Waals surface area contributed by atoms with E-state index in [0.717, 1.165) is 251 Å². The van der Waals surface area contributed by atoms with Gasteiger partial charge in [0.05, 0.1) is 33.4 Å². The van der Waals surface area contributed by atoms with Gasteiger partial charge in [-0.15, -0.1) is 0 Å².